The minimum Gasteiger partial charge on any atom is -0.395 e. The SMILES string of the molecule is O=C(NCCN1CCCCC1CO)c1ccc(CN2CCCC2)cc1. The van der Waals surface area contributed by atoms with Gasteiger partial charge in [0.15, 0.2) is 0 Å². The summed E-state index contributed by atoms with van der Waals surface area (Å²) in [4.78, 5) is 17.1. The number of nitrogens with zero attached hydrogens (tertiary/aromatic N) is 2. The van der Waals surface area contributed by atoms with Gasteiger partial charge in [0.05, 0.1) is 6.61 Å². The Kier molecular flexibility index (Phi) is 6.84. The fourth-order valence-electron chi connectivity index (χ4n) is 3.94. The molecule has 1 unspecified atom stereocenters. The van der Waals surface area contributed by atoms with Crippen LogP contribution in [0.4, 0.5) is 0 Å². The third-order valence-corrected chi connectivity index (χ3v) is 5.47. The lowest BCUT2D eigenvalue weighted by Crippen LogP contribution is -2.45. The smallest absolute Gasteiger partial charge is 0.251 e. The molecule has 2 N–H and O–H groups in total. The maximum Gasteiger partial charge on any atom is 0.251 e. The summed E-state index contributed by atoms with van der Waals surface area (Å²) in [6.07, 6.45) is 6.03. The van der Waals surface area contributed by atoms with E-state index in [1.165, 1.54) is 44.3 Å². The van der Waals surface area contributed by atoms with Gasteiger partial charge >= 0.3 is 0 Å². The predicted octanol–water partition coefficient (Wildman–Crippen LogP) is 1.86. The van der Waals surface area contributed by atoms with E-state index in [-0.39, 0.29) is 18.6 Å². The average Bonchev–Trinajstić information content (AvgIpc) is 3.15. The fourth-order valence-corrected chi connectivity index (χ4v) is 3.94. The number of carbonyl (C=O) groups is 1. The van der Waals surface area contributed by atoms with Gasteiger partial charge in [-0.25, -0.2) is 0 Å². The number of hydrogen-bond donors (Lipinski definition) is 2. The van der Waals surface area contributed by atoms with E-state index < -0.39 is 0 Å². The largest absolute Gasteiger partial charge is 0.395 e. The quantitative estimate of drug-likeness (QED) is 0.792. The van der Waals surface area contributed by atoms with Crippen LogP contribution in [-0.2, 0) is 6.54 Å². The number of rotatable bonds is 7. The molecule has 5 heteroatoms. The first-order valence-corrected chi connectivity index (χ1v) is 9.70. The molecule has 0 aliphatic carbocycles. The molecule has 25 heavy (non-hydrogen) atoms. The van der Waals surface area contributed by atoms with Crippen LogP contribution in [-0.4, -0.2) is 66.2 Å². The summed E-state index contributed by atoms with van der Waals surface area (Å²) in [7, 11) is 0. The van der Waals surface area contributed by atoms with Crippen LogP contribution in [0.2, 0.25) is 0 Å². The number of aliphatic hydroxyl groups excluding tert-OH is 1. The molecule has 2 heterocycles. The molecule has 5 nitrogen and oxygen atoms in total. The summed E-state index contributed by atoms with van der Waals surface area (Å²) in [5.41, 5.74) is 2.00. The highest BCUT2D eigenvalue weighted by molar-refractivity contribution is 5.94. The molecule has 1 aromatic rings. The lowest BCUT2D eigenvalue weighted by Gasteiger charge is -2.34. The van der Waals surface area contributed by atoms with Gasteiger partial charge in [-0.05, 0) is 63.0 Å². The zero-order valence-electron chi connectivity index (χ0n) is 15.1. The highest BCUT2D eigenvalue weighted by Crippen LogP contribution is 2.16. The second-order valence-electron chi connectivity index (χ2n) is 7.30. The minimum absolute atomic E-state index is 0.00900. The maximum atomic E-state index is 12.3. The van der Waals surface area contributed by atoms with Gasteiger partial charge in [0.1, 0.15) is 0 Å². The standard InChI is InChI=1S/C20H31N3O2/c24-16-19-5-1-2-13-23(19)14-10-21-20(25)18-8-6-17(7-9-18)15-22-11-3-4-12-22/h6-9,19,24H,1-5,10-16H2,(H,21,25). The highest BCUT2D eigenvalue weighted by Gasteiger charge is 2.21. The van der Waals surface area contributed by atoms with Crippen LogP contribution < -0.4 is 5.32 Å². The number of hydrogen-bond acceptors (Lipinski definition) is 4. The van der Waals surface area contributed by atoms with Gasteiger partial charge in [0.2, 0.25) is 0 Å². The van der Waals surface area contributed by atoms with E-state index >= 15 is 0 Å². The minimum atomic E-state index is -0.00900. The second kappa shape index (κ2) is 9.32. The zero-order valence-corrected chi connectivity index (χ0v) is 15.1. The van der Waals surface area contributed by atoms with E-state index in [1.54, 1.807) is 0 Å². The third-order valence-electron chi connectivity index (χ3n) is 5.47. The lowest BCUT2D eigenvalue weighted by molar-refractivity contribution is 0.0849. The summed E-state index contributed by atoms with van der Waals surface area (Å²) in [6, 6.07) is 8.26. The topological polar surface area (TPSA) is 55.8 Å². The van der Waals surface area contributed by atoms with E-state index in [9.17, 15) is 9.90 Å². The highest BCUT2D eigenvalue weighted by atomic mass is 16.3. The number of likely N-dealkylation sites (tertiary alicyclic amines) is 2. The van der Waals surface area contributed by atoms with Crippen molar-refractivity contribution in [1.29, 1.82) is 0 Å². The maximum absolute atomic E-state index is 12.3. The number of nitrogens with one attached hydrogen (secondary N) is 1. The number of amides is 1. The van der Waals surface area contributed by atoms with Crippen LogP contribution in [0.15, 0.2) is 24.3 Å². The Bertz CT molecular complexity index is 540. The molecule has 0 spiro atoms. The van der Waals surface area contributed by atoms with Crippen molar-refractivity contribution in [2.24, 2.45) is 0 Å². The summed E-state index contributed by atoms with van der Waals surface area (Å²) in [6.45, 7) is 6.04. The molecule has 1 atom stereocenters. The van der Waals surface area contributed by atoms with E-state index in [4.69, 9.17) is 0 Å². The zero-order chi connectivity index (χ0) is 17.5. The van der Waals surface area contributed by atoms with Crippen molar-refractivity contribution in [3.8, 4) is 0 Å². The average molecular weight is 345 g/mol. The second-order valence-corrected chi connectivity index (χ2v) is 7.30. The van der Waals surface area contributed by atoms with Crippen LogP contribution >= 0.6 is 0 Å². The normalized spacial score (nSPS) is 22.2. The summed E-state index contributed by atoms with van der Waals surface area (Å²) < 4.78 is 0. The van der Waals surface area contributed by atoms with Crippen LogP contribution in [0.25, 0.3) is 0 Å². The van der Waals surface area contributed by atoms with Crippen molar-refractivity contribution in [3.05, 3.63) is 35.4 Å². The summed E-state index contributed by atoms with van der Waals surface area (Å²) >= 11 is 0. The molecule has 138 valence electrons. The van der Waals surface area contributed by atoms with Gasteiger partial charge in [-0.2, -0.15) is 0 Å². The molecular formula is C20H31N3O2. The Balaban J connectivity index is 1.43. The fraction of sp³-hybridized carbons (Fsp3) is 0.650. The van der Waals surface area contributed by atoms with Gasteiger partial charge in [0, 0.05) is 31.2 Å². The predicted molar refractivity (Wildman–Crippen MR) is 99.6 cm³/mol. The molecular weight excluding hydrogens is 314 g/mol. The Hall–Kier alpha value is -1.43. The molecule has 0 bridgehead atoms. The van der Waals surface area contributed by atoms with E-state index in [0.717, 1.165) is 31.6 Å². The van der Waals surface area contributed by atoms with Crippen molar-refractivity contribution < 1.29 is 9.90 Å². The molecule has 0 radical (unpaired) electrons. The first kappa shape index (κ1) is 18.4. The van der Waals surface area contributed by atoms with Crippen molar-refractivity contribution in [2.75, 3.05) is 39.3 Å². The van der Waals surface area contributed by atoms with Crippen LogP contribution in [0.3, 0.4) is 0 Å². The van der Waals surface area contributed by atoms with E-state index in [0.29, 0.717) is 6.54 Å². The molecule has 3 rings (SSSR count). The molecule has 1 aromatic carbocycles. The molecule has 0 saturated carbocycles. The van der Waals surface area contributed by atoms with Crippen molar-refractivity contribution in [2.45, 2.75) is 44.7 Å². The Morgan fingerprint density at radius 1 is 1.08 bits per heavy atom. The van der Waals surface area contributed by atoms with Gasteiger partial charge in [-0.15, -0.1) is 0 Å². The first-order chi connectivity index (χ1) is 12.3. The monoisotopic (exact) mass is 345 g/mol. The first-order valence-electron chi connectivity index (χ1n) is 9.70. The van der Waals surface area contributed by atoms with Crippen molar-refractivity contribution in [3.63, 3.8) is 0 Å². The van der Waals surface area contributed by atoms with E-state index in [1.807, 2.05) is 12.1 Å². The Morgan fingerprint density at radius 3 is 2.52 bits per heavy atom. The molecule has 0 aromatic heterocycles. The Morgan fingerprint density at radius 2 is 1.80 bits per heavy atom. The number of benzene rings is 1. The van der Waals surface area contributed by atoms with Gasteiger partial charge < -0.3 is 10.4 Å². The third kappa shape index (κ3) is 5.27. The van der Waals surface area contributed by atoms with Gasteiger partial charge in [-0.3, -0.25) is 14.6 Å². The molecule has 2 fully saturated rings. The van der Waals surface area contributed by atoms with Crippen LogP contribution in [0.1, 0.15) is 48.0 Å². The summed E-state index contributed by atoms with van der Waals surface area (Å²) in [5.74, 6) is -0.00900. The molecule has 2 aliphatic rings. The summed E-state index contributed by atoms with van der Waals surface area (Å²) in [5, 5.41) is 12.5. The number of aliphatic hydroxyl groups is 1. The van der Waals surface area contributed by atoms with Crippen molar-refractivity contribution in [1.82, 2.24) is 15.1 Å². The molecule has 2 aliphatic heterocycles. The number of carbonyl (C=O) groups excluding carboxylic acids is 1. The van der Waals surface area contributed by atoms with Crippen LogP contribution in [0.5, 0.6) is 0 Å². The number of piperidine rings is 1. The van der Waals surface area contributed by atoms with Gasteiger partial charge in [-0.1, -0.05) is 18.6 Å². The van der Waals surface area contributed by atoms with Crippen LogP contribution in [0, 0.1) is 0 Å². The molecule has 1 amide bonds. The Labute approximate surface area is 151 Å². The molecule has 2 saturated heterocycles. The van der Waals surface area contributed by atoms with Gasteiger partial charge in [0.25, 0.3) is 5.91 Å². The van der Waals surface area contributed by atoms with E-state index in [2.05, 4.69) is 27.2 Å². The van der Waals surface area contributed by atoms with Crippen molar-refractivity contribution >= 4 is 5.91 Å². The lowest BCUT2D eigenvalue weighted by atomic mass is 10.0.